The van der Waals surface area contributed by atoms with Gasteiger partial charge in [0, 0.05) is 6.42 Å². The fourth-order valence-electron chi connectivity index (χ4n) is 2.69. The van der Waals surface area contributed by atoms with Crippen molar-refractivity contribution in [2.75, 3.05) is 22.6 Å². The summed E-state index contributed by atoms with van der Waals surface area (Å²) in [6.07, 6.45) is 1.06. The number of hydrogen-bond acceptors (Lipinski definition) is 7. The number of nitrogens with zero attached hydrogens (tertiary/aromatic N) is 2. The highest BCUT2D eigenvalue weighted by atomic mass is 35.5. The SMILES string of the molecule is Cc1ccc(NC(=O)CSc2nnc(C[C@@H]3CCS(=O)(=O)C3)o2)c(Cl)c1. The molecule has 26 heavy (non-hydrogen) atoms. The number of sulfone groups is 1. The average molecular weight is 416 g/mol. The normalized spacial score (nSPS) is 18.8. The van der Waals surface area contributed by atoms with E-state index in [1.54, 1.807) is 12.1 Å². The van der Waals surface area contributed by atoms with E-state index in [0.29, 0.717) is 29.4 Å². The van der Waals surface area contributed by atoms with E-state index in [0.717, 1.165) is 17.3 Å². The van der Waals surface area contributed by atoms with Crippen LogP contribution in [-0.2, 0) is 21.1 Å². The van der Waals surface area contributed by atoms with Gasteiger partial charge in [0.15, 0.2) is 9.84 Å². The lowest BCUT2D eigenvalue weighted by atomic mass is 10.1. The minimum absolute atomic E-state index is 0.0188. The molecule has 1 N–H and O–H groups in total. The molecule has 0 bridgehead atoms. The van der Waals surface area contributed by atoms with Gasteiger partial charge >= 0.3 is 0 Å². The van der Waals surface area contributed by atoms with E-state index in [1.807, 2.05) is 13.0 Å². The molecule has 1 aromatic heterocycles. The van der Waals surface area contributed by atoms with Crippen LogP contribution in [0.5, 0.6) is 0 Å². The van der Waals surface area contributed by atoms with E-state index in [1.165, 1.54) is 0 Å². The third kappa shape index (κ3) is 5.21. The fraction of sp³-hybridized carbons (Fsp3) is 0.438. The van der Waals surface area contributed by atoms with Crippen molar-refractivity contribution in [1.82, 2.24) is 10.2 Å². The second kappa shape index (κ2) is 7.98. The first-order chi connectivity index (χ1) is 12.3. The molecule has 1 aromatic carbocycles. The molecule has 1 saturated heterocycles. The Labute approximate surface area is 160 Å². The third-order valence-corrected chi connectivity index (χ3v) is 6.93. The van der Waals surface area contributed by atoms with E-state index in [9.17, 15) is 13.2 Å². The lowest BCUT2D eigenvalue weighted by molar-refractivity contribution is -0.113. The van der Waals surface area contributed by atoms with Gasteiger partial charge in [0.2, 0.25) is 11.8 Å². The molecular formula is C16H18ClN3O4S2. The second-order valence-electron chi connectivity index (χ2n) is 6.26. The first-order valence-corrected chi connectivity index (χ1v) is 11.2. The van der Waals surface area contributed by atoms with Crippen molar-refractivity contribution < 1.29 is 17.6 Å². The van der Waals surface area contributed by atoms with Gasteiger partial charge < -0.3 is 9.73 Å². The first-order valence-electron chi connectivity index (χ1n) is 8.02. The van der Waals surface area contributed by atoms with Crippen LogP contribution in [0.15, 0.2) is 27.8 Å². The highest BCUT2D eigenvalue weighted by molar-refractivity contribution is 7.99. The molecule has 140 valence electrons. The number of aryl methyl sites for hydroxylation is 1. The molecule has 0 unspecified atom stereocenters. The molecule has 3 rings (SSSR count). The number of amides is 1. The molecule has 0 radical (unpaired) electrons. The highest BCUT2D eigenvalue weighted by Gasteiger charge is 2.29. The number of carbonyl (C=O) groups excluding carboxylic acids is 1. The zero-order valence-electron chi connectivity index (χ0n) is 14.1. The molecule has 2 aromatic rings. The molecule has 0 aliphatic carbocycles. The van der Waals surface area contributed by atoms with Crippen LogP contribution in [0.3, 0.4) is 0 Å². The number of hydrogen-bond donors (Lipinski definition) is 1. The van der Waals surface area contributed by atoms with Crippen molar-refractivity contribution in [3.05, 3.63) is 34.7 Å². The van der Waals surface area contributed by atoms with Crippen molar-refractivity contribution in [2.45, 2.75) is 25.0 Å². The van der Waals surface area contributed by atoms with Gasteiger partial charge in [-0.25, -0.2) is 8.42 Å². The topological polar surface area (TPSA) is 102 Å². The van der Waals surface area contributed by atoms with Gasteiger partial charge in [-0.3, -0.25) is 4.79 Å². The predicted octanol–water partition coefficient (Wildman–Crippen LogP) is 2.74. The molecule has 1 amide bonds. The lowest BCUT2D eigenvalue weighted by Crippen LogP contribution is -2.14. The minimum atomic E-state index is -2.93. The van der Waals surface area contributed by atoms with Gasteiger partial charge in [-0.1, -0.05) is 29.4 Å². The Hall–Kier alpha value is -1.58. The van der Waals surface area contributed by atoms with Gasteiger partial charge in [-0.15, -0.1) is 10.2 Å². The Morgan fingerprint density at radius 1 is 1.42 bits per heavy atom. The Bertz CT molecular complexity index is 914. The third-order valence-electron chi connectivity index (χ3n) is 3.96. The standard InChI is InChI=1S/C16H18ClN3O4S2/c1-10-2-3-13(12(17)6-10)18-14(21)8-25-16-20-19-15(24-16)7-11-4-5-26(22,23)9-11/h2-3,6,11H,4-5,7-9H2,1H3,(H,18,21)/t11-/m0/s1. The summed E-state index contributed by atoms with van der Waals surface area (Å²) in [5, 5.41) is 11.3. The quantitative estimate of drug-likeness (QED) is 0.723. The van der Waals surface area contributed by atoms with Crippen LogP contribution in [0, 0.1) is 12.8 Å². The molecule has 1 fully saturated rings. The Balaban J connectivity index is 1.49. The fourth-order valence-corrected chi connectivity index (χ4v) is 5.42. The Morgan fingerprint density at radius 3 is 2.92 bits per heavy atom. The number of carbonyl (C=O) groups is 1. The molecule has 0 spiro atoms. The van der Waals surface area contributed by atoms with Crippen molar-refractivity contribution >= 4 is 44.8 Å². The molecular weight excluding hydrogens is 398 g/mol. The average Bonchev–Trinajstić information content (AvgIpc) is 3.14. The van der Waals surface area contributed by atoms with Gasteiger partial charge in [-0.2, -0.15) is 0 Å². The van der Waals surface area contributed by atoms with E-state index in [-0.39, 0.29) is 34.3 Å². The van der Waals surface area contributed by atoms with Crippen molar-refractivity contribution in [3.8, 4) is 0 Å². The maximum atomic E-state index is 12.0. The Morgan fingerprint density at radius 2 is 2.23 bits per heavy atom. The monoisotopic (exact) mass is 415 g/mol. The minimum Gasteiger partial charge on any atom is -0.416 e. The van der Waals surface area contributed by atoms with E-state index < -0.39 is 9.84 Å². The molecule has 2 heterocycles. The van der Waals surface area contributed by atoms with Crippen LogP contribution in [0.2, 0.25) is 5.02 Å². The summed E-state index contributed by atoms with van der Waals surface area (Å²) in [5.41, 5.74) is 1.56. The summed E-state index contributed by atoms with van der Waals surface area (Å²) in [6, 6.07) is 5.39. The highest BCUT2D eigenvalue weighted by Crippen LogP contribution is 2.25. The zero-order valence-corrected chi connectivity index (χ0v) is 16.5. The zero-order chi connectivity index (χ0) is 18.7. The van der Waals surface area contributed by atoms with E-state index in [4.69, 9.17) is 16.0 Å². The largest absolute Gasteiger partial charge is 0.416 e. The molecule has 1 aliphatic rings. The summed E-state index contributed by atoms with van der Waals surface area (Å²) in [7, 11) is -2.93. The lowest BCUT2D eigenvalue weighted by Gasteiger charge is -2.06. The summed E-state index contributed by atoms with van der Waals surface area (Å²) < 4.78 is 28.5. The number of anilines is 1. The van der Waals surface area contributed by atoms with Crippen LogP contribution < -0.4 is 5.32 Å². The summed E-state index contributed by atoms with van der Waals surface area (Å²) in [5.74, 6) is 0.667. The van der Waals surface area contributed by atoms with Gasteiger partial charge in [0.1, 0.15) is 0 Å². The maximum absolute atomic E-state index is 12.0. The van der Waals surface area contributed by atoms with Crippen LogP contribution in [0.1, 0.15) is 17.9 Å². The molecule has 1 aliphatic heterocycles. The summed E-state index contributed by atoms with van der Waals surface area (Å²) >= 11 is 7.21. The van der Waals surface area contributed by atoms with Crippen molar-refractivity contribution in [1.29, 1.82) is 0 Å². The van der Waals surface area contributed by atoms with Gasteiger partial charge in [0.25, 0.3) is 5.22 Å². The van der Waals surface area contributed by atoms with Crippen LogP contribution in [-0.4, -0.2) is 41.8 Å². The van der Waals surface area contributed by atoms with Crippen molar-refractivity contribution in [3.63, 3.8) is 0 Å². The maximum Gasteiger partial charge on any atom is 0.277 e. The predicted molar refractivity (Wildman–Crippen MR) is 100 cm³/mol. The number of nitrogens with one attached hydrogen (secondary N) is 1. The van der Waals surface area contributed by atoms with Crippen LogP contribution >= 0.6 is 23.4 Å². The second-order valence-corrected chi connectivity index (χ2v) is 9.82. The summed E-state index contributed by atoms with van der Waals surface area (Å²) in [4.78, 5) is 12.0. The molecule has 0 saturated carbocycles. The number of aromatic nitrogens is 2. The van der Waals surface area contributed by atoms with Gasteiger partial charge in [-0.05, 0) is 37.0 Å². The smallest absolute Gasteiger partial charge is 0.277 e. The Kier molecular flexibility index (Phi) is 5.89. The van der Waals surface area contributed by atoms with Crippen LogP contribution in [0.25, 0.3) is 0 Å². The number of rotatable bonds is 6. The molecule has 10 heteroatoms. The van der Waals surface area contributed by atoms with E-state index >= 15 is 0 Å². The van der Waals surface area contributed by atoms with Gasteiger partial charge in [0.05, 0.1) is 28.0 Å². The first kappa shape index (κ1) is 19.2. The molecule has 7 nitrogen and oxygen atoms in total. The van der Waals surface area contributed by atoms with Crippen molar-refractivity contribution in [2.24, 2.45) is 5.92 Å². The number of halogens is 1. The van der Waals surface area contributed by atoms with Crippen LogP contribution in [0.4, 0.5) is 5.69 Å². The number of benzene rings is 1. The molecule has 1 atom stereocenters. The van der Waals surface area contributed by atoms with E-state index in [2.05, 4.69) is 15.5 Å². The number of thioether (sulfide) groups is 1. The summed E-state index contributed by atoms with van der Waals surface area (Å²) in [6.45, 7) is 1.92.